The van der Waals surface area contributed by atoms with Crippen LogP contribution >= 0.6 is 11.8 Å². The Balaban J connectivity index is 1.67. The smallest absolute Gasteiger partial charge is 0.251 e. The summed E-state index contributed by atoms with van der Waals surface area (Å²) in [6.45, 7) is 10.0. The first-order chi connectivity index (χ1) is 15.6. The summed E-state index contributed by atoms with van der Waals surface area (Å²) in [5, 5.41) is 15.2. The van der Waals surface area contributed by atoms with Gasteiger partial charge in [0.25, 0.3) is 5.91 Å². The third kappa shape index (κ3) is 6.44. The second kappa shape index (κ2) is 10.7. The first-order valence-electron chi connectivity index (χ1n) is 10.9. The zero-order valence-electron chi connectivity index (χ0n) is 20.0. The number of hydrogen-bond donors (Lipinski definition) is 2. The van der Waals surface area contributed by atoms with Crippen LogP contribution < -0.4 is 10.6 Å². The van der Waals surface area contributed by atoms with Crippen LogP contribution in [-0.2, 0) is 11.8 Å². The third-order valence-electron chi connectivity index (χ3n) is 5.22. The lowest BCUT2D eigenvalue weighted by molar-refractivity contribution is -0.113. The van der Waals surface area contributed by atoms with Crippen molar-refractivity contribution in [3.05, 3.63) is 70.5 Å². The number of nitrogens with one attached hydrogen (secondary N) is 2. The standard InChI is InChI=1S/C25H31N5O2S/c1-15(2)22(27-24(32)19-9-7-8-16(3)11-19)23-28-29-25(30(23)6)33-14-21(31)26-20-12-17(4)10-18(5)13-20/h7-13,15,22H,14H2,1-6H3,(H,26,31)(H,27,32)/t22-/m0/s1. The lowest BCUT2D eigenvalue weighted by atomic mass is 10.0. The lowest BCUT2D eigenvalue weighted by Gasteiger charge is -2.21. The molecular formula is C25H31N5O2S. The van der Waals surface area contributed by atoms with Crippen molar-refractivity contribution >= 4 is 29.3 Å². The van der Waals surface area contributed by atoms with E-state index in [-0.39, 0.29) is 29.5 Å². The maximum absolute atomic E-state index is 12.8. The Morgan fingerprint density at radius 1 is 1.00 bits per heavy atom. The zero-order chi connectivity index (χ0) is 24.1. The molecule has 1 atom stereocenters. The minimum Gasteiger partial charge on any atom is -0.342 e. The number of nitrogens with zero attached hydrogens (tertiary/aromatic N) is 3. The van der Waals surface area contributed by atoms with E-state index in [0.717, 1.165) is 22.4 Å². The van der Waals surface area contributed by atoms with Gasteiger partial charge in [-0.1, -0.05) is 49.4 Å². The van der Waals surface area contributed by atoms with Gasteiger partial charge in [0.05, 0.1) is 11.8 Å². The number of carbonyl (C=O) groups excluding carboxylic acids is 2. The molecule has 0 radical (unpaired) electrons. The Hall–Kier alpha value is -3.13. The number of rotatable bonds is 8. The SMILES string of the molecule is Cc1cc(C)cc(NC(=O)CSc2nnc([C@@H](NC(=O)c3cccc(C)c3)C(C)C)n2C)c1. The molecule has 3 rings (SSSR count). The van der Waals surface area contributed by atoms with Crippen LogP contribution in [-0.4, -0.2) is 32.3 Å². The molecule has 2 amide bonds. The Labute approximate surface area is 199 Å². The van der Waals surface area contributed by atoms with Crippen molar-refractivity contribution < 1.29 is 9.59 Å². The topological polar surface area (TPSA) is 88.9 Å². The molecule has 0 saturated carbocycles. The van der Waals surface area contributed by atoms with Crippen molar-refractivity contribution in [1.82, 2.24) is 20.1 Å². The molecule has 0 aliphatic carbocycles. The third-order valence-corrected chi connectivity index (χ3v) is 6.24. The summed E-state index contributed by atoms with van der Waals surface area (Å²) in [7, 11) is 1.85. The molecule has 1 heterocycles. The average Bonchev–Trinajstić information content (AvgIpc) is 3.09. The summed E-state index contributed by atoms with van der Waals surface area (Å²) in [4.78, 5) is 25.3. The molecule has 0 aliphatic rings. The van der Waals surface area contributed by atoms with Crippen LogP contribution in [0.5, 0.6) is 0 Å². The van der Waals surface area contributed by atoms with Crippen molar-refractivity contribution in [3.63, 3.8) is 0 Å². The summed E-state index contributed by atoms with van der Waals surface area (Å²) in [5.41, 5.74) is 4.63. The molecule has 0 spiro atoms. The van der Waals surface area contributed by atoms with Gasteiger partial charge < -0.3 is 15.2 Å². The van der Waals surface area contributed by atoms with Crippen LogP contribution in [0.3, 0.4) is 0 Å². The van der Waals surface area contributed by atoms with Gasteiger partial charge in [0.1, 0.15) is 0 Å². The van der Waals surface area contributed by atoms with E-state index in [2.05, 4.69) is 26.9 Å². The molecular weight excluding hydrogens is 434 g/mol. The van der Waals surface area contributed by atoms with E-state index in [9.17, 15) is 9.59 Å². The van der Waals surface area contributed by atoms with Gasteiger partial charge in [-0.2, -0.15) is 0 Å². The molecule has 33 heavy (non-hydrogen) atoms. The quantitative estimate of drug-likeness (QED) is 0.475. The predicted molar refractivity (Wildman–Crippen MR) is 132 cm³/mol. The van der Waals surface area contributed by atoms with Gasteiger partial charge in [-0.3, -0.25) is 9.59 Å². The summed E-state index contributed by atoms with van der Waals surface area (Å²) in [6, 6.07) is 13.1. The second-order valence-electron chi connectivity index (χ2n) is 8.68. The van der Waals surface area contributed by atoms with E-state index in [4.69, 9.17) is 0 Å². The minimum absolute atomic E-state index is 0.104. The summed E-state index contributed by atoms with van der Waals surface area (Å²) in [6.07, 6.45) is 0. The Bertz CT molecular complexity index is 1140. The van der Waals surface area contributed by atoms with E-state index in [0.29, 0.717) is 16.5 Å². The van der Waals surface area contributed by atoms with Crippen molar-refractivity contribution in [2.75, 3.05) is 11.1 Å². The molecule has 0 bridgehead atoms. The number of carbonyl (C=O) groups is 2. The summed E-state index contributed by atoms with van der Waals surface area (Å²) in [5.74, 6) is 0.710. The van der Waals surface area contributed by atoms with E-state index in [1.807, 2.05) is 76.6 Å². The highest BCUT2D eigenvalue weighted by atomic mass is 32.2. The van der Waals surface area contributed by atoms with Gasteiger partial charge in [-0.15, -0.1) is 10.2 Å². The number of anilines is 1. The normalized spacial score (nSPS) is 12.0. The second-order valence-corrected chi connectivity index (χ2v) is 9.62. The molecule has 174 valence electrons. The number of benzene rings is 2. The maximum Gasteiger partial charge on any atom is 0.251 e. The Morgan fingerprint density at radius 2 is 1.70 bits per heavy atom. The molecule has 8 heteroatoms. The predicted octanol–water partition coefficient (Wildman–Crippen LogP) is 4.60. The highest BCUT2D eigenvalue weighted by Crippen LogP contribution is 2.25. The monoisotopic (exact) mass is 465 g/mol. The van der Waals surface area contributed by atoms with Gasteiger partial charge in [-0.05, 0) is 62.1 Å². The molecule has 0 unspecified atom stereocenters. The first-order valence-corrected chi connectivity index (χ1v) is 11.9. The zero-order valence-corrected chi connectivity index (χ0v) is 20.8. The average molecular weight is 466 g/mol. The fraction of sp³-hybridized carbons (Fsp3) is 0.360. The molecule has 1 aromatic heterocycles. The lowest BCUT2D eigenvalue weighted by Crippen LogP contribution is -2.33. The van der Waals surface area contributed by atoms with Crippen molar-refractivity contribution in [1.29, 1.82) is 0 Å². The Morgan fingerprint density at radius 3 is 2.33 bits per heavy atom. The van der Waals surface area contributed by atoms with E-state index >= 15 is 0 Å². The van der Waals surface area contributed by atoms with Crippen LogP contribution in [0.2, 0.25) is 0 Å². The fourth-order valence-electron chi connectivity index (χ4n) is 3.64. The van der Waals surface area contributed by atoms with Crippen molar-refractivity contribution in [2.45, 2.75) is 45.8 Å². The Kier molecular flexibility index (Phi) is 7.92. The van der Waals surface area contributed by atoms with Crippen LogP contribution in [0.1, 0.15) is 52.8 Å². The fourth-order valence-corrected chi connectivity index (χ4v) is 4.36. The first kappa shape index (κ1) is 24.5. The molecule has 2 aromatic carbocycles. The van der Waals surface area contributed by atoms with Gasteiger partial charge >= 0.3 is 0 Å². The van der Waals surface area contributed by atoms with Crippen LogP contribution in [0, 0.1) is 26.7 Å². The van der Waals surface area contributed by atoms with E-state index < -0.39 is 0 Å². The number of aryl methyl sites for hydroxylation is 3. The van der Waals surface area contributed by atoms with Gasteiger partial charge in [0, 0.05) is 18.3 Å². The molecule has 0 fully saturated rings. The molecule has 3 aromatic rings. The maximum atomic E-state index is 12.8. The van der Waals surface area contributed by atoms with Crippen molar-refractivity contribution in [3.8, 4) is 0 Å². The van der Waals surface area contributed by atoms with Gasteiger partial charge in [-0.25, -0.2) is 0 Å². The minimum atomic E-state index is -0.311. The largest absolute Gasteiger partial charge is 0.342 e. The molecule has 0 aliphatic heterocycles. The highest BCUT2D eigenvalue weighted by molar-refractivity contribution is 7.99. The number of amides is 2. The number of hydrogen-bond acceptors (Lipinski definition) is 5. The number of aromatic nitrogens is 3. The number of thioether (sulfide) groups is 1. The van der Waals surface area contributed by atoms with E-state index in [1.54, 1.807) is 6.07 Å². The molecule has 2 N–H and O–H groups in total. The van der Waals surface area contributed by atoms with Gasteiger partial charge in [0.2, 0.25) is 5.91 Å². The highest BCUT2D eigenvalue weighted by Gasteiger charge is 2.25. The van der Waals surface area contributed by atoms with Crippen LogP contribution in [0.15, 0.2) is 47.6 Å². The van der Waals surface area contributed by atoms with E-state index in [1.165, 1.54) is 11.8 Å². The summed E-state index contributed by atoms with van der Waals surface area (Å²) < 4.78 is 1.84. The van der Waals surface area contributed by atoms with Gasteiger partial charge in [0.15, 0.2) is 11.0 Å². The molecule has 0 saturated heterocycles. The van der Waals surface area contributed by atoms with Crippen molar-refractivity contribution in [2.24, 2.45) is 13.0 Å². The summed E-state index contributed by atoms with van der Waals surface area (Å²) >= 11 is 1.31. The van der Waals surface area contributed by atoms with Crippen LogP contribution in [0.25, 0.3) is 0 Å². The van der Waals surface area contributed by atoms with Crippen LogP contribution in [0.4, 0.5) is 5.69 Å². The molecule has 7 nitrogen and oxygen atoms in total.